The molecule has 94 valence electrons. The smallest absolute Gasteiger partial charge is 0.316 e. The number of Topliss-reactive ketones (excluding diaryl/α,β-unsaturated/α-hetero) is 1. The molecule has 1 rings (SSSR count). The van der Waals surface area contributed by atoms with E-state index in [-0.39, 0.29) is 11.7 Å². The van der Waals surface area contributed by atoms with Crippen molar-refractivity contribution in [3.05, 3.63) is 22.4 Å². The summed E-state index contributed by atoms with van der Waals surface area (Å²) < 4.78 is 4.95. The molecular weight excluding hydrogens is 236 g/mol. The SMILES string of the molecule is CCOC(=O)C(C(=O)Cc1cccs1)C(C)C. The van der Waals surface area contributed by atoms with Gasteiger partial charge in [0.25, 0.3) is 0 Å². The molecule has 1 aromatic heterocycles. The minimum Gasteiger partial charge on any atom is -0.465 e. The van der Waals surface area contributed by atoms with Gasteiger partial charge in [-0.25, -0.2) is 0 Å². The van der Waals surface area contributed by atoms with Crippen molar-refractivity contribution >= 4 is 23.1 Å². The summed E-state index contributed by atoms with van der Waals surface area (Å²) in [5, 5.41) is 1.93. The molecule has 0 amide bonds. The van der Waals surface area contributed by atoms with Gasteiger partial charge in [-0.15, -0.1) is 11.3 Å². The number of hydrogen-bond acceptors (Lipinski definition) is 4. The Morgan fingerprint density at radius 3 is 2.59 bits per heavy atom. The lowest BCUT2D eigenvalue weighted by molar-refractivity contribution is -0.153. The zero-order valence-corrected chi connectivity index (χ0v) is 11.3. The zero-order valence-electron chi connectivity index (χ0n) is 10.4. The van der Waals surface area contributed by atoms with Crippen molar-refractivity contribution in [3.8, 4) is 0 Å². The Balaban J connectivity index is 2.70. The van der Waals surface area contributed by atoms with Gasteiger partial charge in [-0.1, -0.05) is 19.9 Å². The molecule has 0 spiro atoms. The van der Waals surface area contributed by atoms with Crippen LogP contribution in [-0.2, 0) is 20.7 Å². The van der Waals surface area contributed by atoms with E-state index in [0.717, 1.165) is 4.88 Å². The molecule has 1 unspecified atom stereocenters. The highest BCUT2D eigenvalue weighted by molar-refractivity contribution is 7.10. The Hall–Kier alpha value is -1.16. The average molecular weight is 254 g/mol. The van der Waals surface area contributed by atoms with Gasteiger partial charge >= 0.3 is 5.97 Å². The Morgan fingerprint density at radius 2 is 2.12 bits per heavy atom. The highest BCUT2D eigenvalue weighted by Gasteiger charge is 2.30. The second-order valence-corrected chi connectivity index (χ2v) is 5.23. The summed E-state index contributed by atoms with van der Waals surface area (Å²) in [5.41, 5.74) is 0. The molecule has 1 atom stereocenters. The average Bonchev–Trinajstić information content (AvgIpc) is 2.70. The molecule has 0 aliphatic carbocycles. The van der Waals surface area contributed by atoms with Gasteiger partial charge in [-0.2, -0.15) is 0 Å². The maximum absolute atomic E-state index is 12.1. The summed E-state index contributed by atoms with van der Waals surface area (Å²) in [6.45, 7) is 5.80. The van der Waals surface area contributed by atoms with Crippen LogP contribution in [0.5, 0.6) is 0 Å². The van der Waals surface area contributed by atoms with Crippen molar-refractivity contribution in [2.24, 2.45) is 11.8 Å². The van der Waals surface area contributed by atoms with Crippen molar-refractivity contribution in [2.45, 2.75) is 27.2 Å². The van der Waals surface area contributed by atoms with Crippen molar-refractivity contribution in [2.75, 3.05) is 6.61 Å². The lowest BCUT2D eigenvalue weighted by Gasteiger charge is -2.17. The van der Waals surface area contributed by atoms with Crippen molar-refractivity contribution in [1.82, 2.24) is 0 Å². The molecule has 17 heavy (non-hydrogen) atoms. The van der Waals surface area contributed by atoms with Crippen LogP contribution >= 0.6 is 11.3 Å². The third-order valence-electron chi connectivity index (χ3n) is 2.48. The van der Waals surface area contributed by atoms with Crippen LogP contribution in [-0.4, -0.2) is 18.4 Å². The third kappa shape index (κ3) is 3.97. The molecule has 1 aromatic rings. The molecule has 0 aliphatic heterocycles. The molecule has 0 aromatic carbocycles. The first-order valence-electron chi connectivity index (χ1n) is 5.78. The quantitative estimate of drug-likeness (QED) is 0.579. The Labute approximate surface area is 106 Å². The van der Waals surface area contributed by atoms with Gasteiger partial charge < -0.3 is 4.74 Å². The third-order valence-corrected chi connectivity index (χ3v) is 3.36. The fourth-order valence-electron chi connectivity index (χ4n) is 1.70. The van der Waals surface area contributed by atoms with Crippen LogP contribution in [0, 0.1) is 11.8 Å². The van der Waals surface area contributed by atoms with Gasteiger partial charge in [-0.3, -0.25) is 9.59 Å². The summed E-state index contributed by atoms with van der Waals surface area (Å²) in [7, 11) is 0. The number of carbonyl (C=O) groups is 2. The summed E-state index contributed by atoms with van der Waals surface area (Å²) in [6, 6.07) is 3.81. The van der Waals surface area contributed by atoms with Gasteiger partial charge in [-0.05, 0) is 24.3 Å². The second-order valence-electron chi connectivity index (χ2n) is 4.20. The monoisotopic (exact) mass is 254 g/mol. The van der Waals surface area contributed by atoms with Crippen LogP contribution < -0.4 is 0 Å². The fourth-order valence-corrected chi connectivity index (χ4v) is 2.42. The molecule has 4 heteroatoms. The summed E-state index contributed by atoms with van der Waals surface area (Å²) in [6.07, 6.45) is 0.319. The minimum absolute atomic E-state index is 0.0264. The molecule has 0 saturated carbocycles. The summed E-state index contributed by atoms with van der Waals surface area (Å²) in [4.78, 5) is 24.8. The Morgan fingerprint density at radius 1 is 1.41 bits per heavy atom. The number of carbonyl (C=O) groups excluding carboxylic acids is 2. The largest absolute Gasteiger partial charge is 0.465 e. The molecule has 0 radical (unpaired) electrons. The lowest BCUT2D eigenvalue weighted by Crippen LogP contribution is -2.31. The van der Waals surface area contributed by atoms with Crippen molar-refractivity contribution < 1.29 is 14.3 Å². The van der Waals surface area contributed by atoms with Gasteiger partial charge in [0, 0.05) is 11.3 Å². The highest BCUT2D eigenvalue weighted by Crippen LogP contribution is 2.19. The lowest BCUT2D eigenvalue weighted by atomic mass is 9.90. The van der Waals surface area contributed by atoms with Gasteiger partial charge in [0.2, 0.25) is 0 Å². The van der Waals surface area contributed by atoms with E-state index in [0.29, 0.717) is 13.0 Å². The predicted octanol–water partition coefficient (Wildman–Crippen LogP) is 2.70. The number of esters is 1. The number of thiophene rings is 1. The normalized spacial score (nSPS) is 12.5. The van der Waals surface area contributed by atoms with Gasteiger partial charge in [0.1, 0.15) is 5.92 Å². The highest BCUT2D eigenvalue weighted by atomic mass is 32.1. The van der Waals surface area contributed by atoms with Crippen LogP contribution in [0.1, 0.15) is 25.6 Å². The molecule has 0 saturated heterocycles. The van der Waals surface area contributed by atoms with E-state index in [9.17, 15) is 9.59 Å². The van der Waals surface area contributed by atoms with E-state index < -0.39 is 11.9 Å². The standard InChI is InChI=1S/C13H18O3S/c1-4-16-13(15)12(9(2)3)11(14)8-10-6-5-7-17-10/h5-7,9,12H,4,8H2,1-3H3. The molecule has 1 heterocycles. The molecule has 0 bridgehead atoms. The van der Waals surface area contributed by atoms with Gasteiger partial charge in [0.05, 0.1) is 6.61 Å². The van der Waals surface area contributed by atoms with Crippen LogP contribution in [0.4, 0.5) is 0 Å². The van der Waals surface area contributed by atoms with Gasteiger partial charge in [0.15, 0.2) is 5.78 Å². The predicted molar refractivity (Wildman–Crippen MR) is 68.0 cm³/mol. The fraction of sp³-hybridized carbons (Fsp3) is 0.538. The number of hydrogen-bond donors (Lipinski definition) is 0. The van der Waals surface area contributed by atoms with E-state index in [1.54, 1.807) is 6.92 Å². The van der Waals surface area contributed by atoms with Crippen LogP contribution in [0.25, 0.3) is 0 Å². The van der Waals surface area contributed by atoms with Crippen molar-refractivity contribution in [3.63, 3.8) is 0 Å². The molecule has 0 N–H and O–H groups in total. The second kappa shape index (κ2) is 6.55. The first-order valence-corrected chi connectivity index (χ1v) is 6.66. The topological polar surface area (TPSA) is 43.4 Å². The van der Waals surface area contributed by atoms with Crippen molar-refractivity contribution in [1.29, 1.82) is 0 Å². The molecular formula is C13H18O3S. The number of ether oxygens (including phenoxy) is 1. The van der Waals surface area contributed by atoms with E-state index in [1.165, 1.54) is 11.3 Å². The van der Waals surface area contributed by atoms with E-state index in [4.69, 9.17) is 4.74 Å². The molecule has 0 fully saturated rings. The van der Waals surface area contributed by atoms with E-state index in [1.807, 2.05) is 31.4 Å². The Kier molecular flexibility index (Phi) is 5.35. The van der Waals surface area contributed by atoms with E-state index >= 15 is 0 Å². The van der Waals surface area contributed by atoms with Crippen LogP contribution in [0.15, 0.2) is 17.5 Å². The van der Waals surface area contributed by atoms with Crippen LogP contribution in [0.2, 0.25) is 0 Å². The number of rotatable bonds is 6. The zero-order chi connectivity index (χ0) is 12.8. The Bertz CT molecular complexity index is 368. The minimum atomic E-state index is -0.642. The molecule has 0 aliphatic rings. The maximum Gasteiger partial charge on any atom is 0.316 e. The van der Waals surface area contributed by atoms with Crippen LogP contribution in [0.3, 0.4) is 0 Å². The maximum atomic E-state index is 12.1. The first-order chi connectivity index (χ1) is 8.06. The number of ketones is 1. The first kappa shape index (κ1) is 13.9. The van der Waals surface area contributed by atoms with E-state index in [2.05, 4.69) is 0 Å². The molecule has 3 nitrogen and oxygen atoms in total. The summed E-state index contributed by atoms with van der Waals surface area (Å²) >= 11 is 1.53. The summed E-state index contributed by atoms with van der Waals surface area (Å²) in [5.74, 6) is -1.12.